The number of rotatable bonds is 10. The van der Waals surface area contributed by atoms with Gasteiger partial charge in [-0.3, -0.25) is 0 Å². The molecule has 0 saturated heterocycles. The van der Waals surface area contributed by atoms with Gasteiger partial charge in [0.05, 0.1) is 0 Å². The van der Waals surface area contributed by atoms with Gasteiger partial charge in [-0.05, 0) is 194 Å². The van der Waals surface area contributed by atoms with Crippen LogP contribution >= 0.6 is 0 Å². The first kappa shape index (κ1) is 46.7. The van der Waals surface area contributed by atoms with Crippen LogP contribution in [0.2, 0.25) is 0 Å². The second-order valence-electron chi connectivity index (χ2n) is 20.8. The second kappa shape index (κ2) is 19.8. The molecule has 15 aromatic carbocycles. The lowest BCUT2D eigenvalue weighted by atomic mass is 9.88. The fourth-order valence-electron chi connectivity index (χ4n) is 12.3. The van der Waals surface area contributed by atoms with E-state index in [9.17, 15) is 0 Å². The summed E-state index contributed by atoms with van der Waals surface area (Å²) >= 11 is 0. The van der Waals surface area contributed by atoms with Crippen molar-refractivity contribution < 1.29 is 0 Å². The van der Waals surface area contributed by atoms with Crippen LogP contribution in [0.15, 0.2) is 315 Å². The molecule has 80 heavy (non-hydrogen) atoms. The zero-order valence-electron chi connectivity index (χ0n) is 43.9. The molecule has 0 heterocycles. The minimum absolute atomic E-state index is 1.10. The first-order chi connectivity index (χ1) is 39.7. The Morgan fingerprint density at radius 3 is 0.625 bits per heavy atom. The number of para-hydroxylation sites is 2. The van der Waals surface area contributed by atoms with E-state index >= 15 is 0 Å². The first-order valence-corrected chi connectivity index (χ1v) is 27.6. The summed E-state index contributed by atoms with van der Waals surface area (Å²) in [7, 11) is 0. The van der Waals surface area contributed by atoms with Crippen LogP contribution in [-0.4, -0.2) is 0 Å². The summed E-state index contributed by atoms with van der Waals surface area (Å²) in [4.78, 5) is 4.77. The number of nitrogens with zero attached hydrogens (tertiary/aromatic N) is 2. The largest absolute Gasteiger partial charge is 0.310 e. The Morgan fingerprint density at radius 1 is 0.125 bits per heavy atom. The van der Waals surface area contributed by atoms with Crippen LogP contribution in [0.25, 0.3) is 109 Å². The van der Waals surface area contributed by atoms with Gasteiger partial charge >= 0.3 is 0 Å². The highest BCUT2D eigenvalue weighted by Crippen LogP contribution is 2.46. The molecule has 0 N–H and O–H groups in total. The van der Waals surface area contributed by atoms with Crippen molar-refractivity contribution in [3.63, 3.8) is 0 Å². The lowest BCUT2D eigenvalue weighted by Gasteiger charge is -2.27. The smallest absolute Gasteiger partial charge is 0.0468 e. The van der Waals surface area contributed by atoms with Crippen molar-refractivity contribution in [2.24, 2.45) is 0 Å². The fourth-order valence-corrected chi connectivity index (χ4v) is 12.3. The Hall–Kier alpha value is -10.5. The zero-order chi connectivity index (χ0) is 52.9. The first-order valence-electron chi connectivity index (χ1n) is 27.6. The molecule has 0 spiro atoms. The predicted octanol–water partition coefficient (Wildman–Crippen LogP) is 22.2. The van der Waals surface area contributed by atoms with Crippen LogP contribution in [-0.2, 0) is 0 Å². The van der Waals surface area contributed by atoms with E-state index in [-0.39, 0.29) is 0 Å². The van der Waals surface area contributed by atoms with Gasteiger partial charge in [-0.15, -0.1) is 0 Å². The standard InChI is InChI=1S/C78H52N2/c1-5-17-53(18-6-1)55-29-33-57(34-30-55)59-37-41-63(42-38-59)79(61-21-9-3-10-22-61)65-45-47-71-73(49-65)67-25-13-15-27-69(67)75-52-78-72-48-46-66(50-74(72)68-26-14-16-28-70(68)76(78)51-77(71)75)80(62-23-11-4-12-24-62)64-43-39-60(40-44-64)58-35-31-56(32-36-58)54-19-7-2-8-20-54/h1-52H. The van der Waals surface area contributed by atoms with Crippen molar-refractivity contribution in [3.05, 3.63) is 315 Å². The second-order valence-corrected chi connectivity index (χ2v) is 20.8. The molecule has 0 atom stereocenters. The molecule has 0 amide bonds. The van der Waals surface area contributed by atoms with E-state index in [0.717, 1.165) is 34.1 Å². The van der Waals surface area contributed by atoms with E-state index in [0.29, 0.717) is 0 Å². The molecule has 15 aromatic rings. The normalized spacial score (nSPS) is 11.5. The van der Waals surface area contributed by atoms with Gasteiger partial charge in [-0.2, -0.15) is 0 Å². The Kier molecular flexibility index (Phi) is 11.6. The molecule has 0 bridgehead atoms. The van der Waals surface area contributed by atoms with Crippen molar-refractivity contribution >= 4 is 98.8 Å². The summed E-state index contributed by atoms with van der Waals surface area (Å²) in [6.07, 6.45) is 0. The minimum atomic E-state index is 1.10. The molecule has 0 aromatic heterocycles. The van der Waals surface area contributed by atoms with Crippen LogP contribution < -0.4 is 9.80 Å². The number of hydrogen-bond donors (Lipinski definition) is 0. The van der Waals surface area contributed by atoms with Crippen LogP contribution in [0, 0.1) is 0 Å². The average molecular weight is 1020 g/mol. The molecule has 15 rings (SSSR count). The quantitative estimate of drug-likeness (QED) is 0.0995. The lowest BCUT2D eigenvalue weighted by Crippen LogP contribution is -2.09. The van der Waals surface area contributed by atoms with Crippen molar-refractivity contribution in [1.29, 1.82) is 0 Å². The van der Waals surface area contributed by atoms with Gasteiger partial charge in [-0.25, -0.2) is 0 Å². The van der Waals surface area contributed by atoms with Crippen molar-refractivity contribution in [2.75, 3.05) is 9.80 Å². The van der Waals surface area contributed by atoms with Gasteiger partial charge in [0.25, 0.3) is 0 Å². The maximum Gasteiger partial charge on any atom is 0.0468 e. The number of benzene rings is 15. The highest BCUT2D eigenvalue weighted by Gasteiger charge is 2.20. The molecule has 0 aliphatic heterocycles. The zero-order valence-corrected chi connectivity index (χ0v) is 43.9. The van der Waals surface area contributed by atoms with Gasteiger partial charge in [0, 0.05) is 34.1 Å². The van der Waals surface area contributed by atoms with E-state index in [1.165, 1.54) is 109 Å². The minimum Gasteiger partial charge on any atom is -0.310 e. The van der Waals surface area contributed by atoms with Gasteiger partial charge in [0.15, 0.2) is 0 Å². The van der Waals surface area contributed by atoms with E-state index in [2.05, 4.69) is 325 Å². The highest BCUT2D eigenvalue weighted by molar-refractivity contribution is 6.33. The Labute approximate surface area is 465 Å². The number of fused-ring (bicyclic) bond motifs is 12. The SMILES string of the molecule is c1ccc(-c2ccc(-c3ccc(N(c4ccccc4)c4ccc5c(c4)c4ccccc4c4cc6c7ccc(N(c8ccccc8)c8ccc(-c9ccc(-c%10ccccc%10)cc9)cc8)cc7c7ccccc7c6cc54)cc3)cc2)cc1. The van der Waals surface area contributed by atoms with Crippen LogP contribution in [0.5, 0.6) is 0 Å². The highest BCUT2D eigenvalue weighted by atomic mass is 15.1. The van der Waals surface area contributed by atoms with E-state index in [4.69, 9.17) is 0 Å². The van der Waals surface area contributed by atoms with Gasteiger partial charge in [0.1, 0.15) is 0 Å². The fraction of sp³-hybridized carbons (Fsp3) is 0. The Balaban J connectivity index is 0.833. The maximum atomic E-state index is 2.47. The molecule has 0 aliphatic carbocycles. The van der Waals surface area contributed by atoms with Crippen molar-refractivity contribution in [1.82, 2.24) is 0 Å². The molecule has 0 unspecified atom stereocenters. The monoisotopic (exact) mass is 1020 g/mol. The molecular formula is C78H52N2. The molecular weight excluding hydrogens is 965 g/mol. The van der Waals surface area contributed by atoms with E-state index in [1.807, 2.05) is 0 Å². The Bertz CT molecular complexity index is 4440. The van der Waals surface area contributed by atoms with E-state index < -0.39 is 0 Å². The van der Waals surface area contributed by atoms with Crippen molar-refractivity contribution in [2.45, 2.75) is 0 Å². The lowest BCUT2D eigenvalue weighted by molar-refractivity contribution is 1.29. The maximum absolute atomic E-state index is 2.47. The Morgan fingerprint density at radius 2 is 0.325 bits per heavy atom. The summed E-state index contributed by atoms with van der Waals surface area (Å²) in [6.45, 7) is 0. The molecule has 2 nitrogen and oxygen atoms in total. The van der Waals surface area contributed by atoms with Crippen LogP contribution in [0.4, 0.5) is 34.1 Å². The molecule has 374 valence electrons. The summed E-state index contributed by atoms with van der Waals surface area (Å²) < 4.78 is 0. The van der Waals surface area contributed by atoms with Gasteiger partial charge in [0.2, 0.25) is 0 Å². The summed E-state index contributed by atoms with van der Waals surface area (Å²) in [5, 5.41) is 14.9. The summed E-state index contributed by atoms with van der Waals surface area (Å²) in [6, 6.07) is 115. The molecule has 0 saturated carbocycles. The third-order valence-corrected chi connectivity index (χ3v) is 16.2. The predicted molar refractivity (Wildman–Crippen MR) is 343 cm³/mol. The van der Waals surface area contributed by atoms with Crippen molar-refractivity contribution in [3.8, 4) is 44.5 Å². The van der Waals surface area contributed by atoms with Gasteiger partial charge in [-0.1, -0.05) is 231 Å². The topological polar surface area (TPSA) is 6.48 Å². The molecule has 2 heteroatoms. The van der Waals surface area contributed by atoms with Gasteiger partial charge < -0.3 is 9.80 Å². The number of anilines is 6. The molecule has 0 fully saturated rings. The molecule has 0 radical (unpaired) electrons. The van der Waals surface area contributed by atoms with Crippen LogP contribution in [0.3, 0.4) is 0 Å². The van der Waals surface area contributed by atoms with Crippen LogP contribution in [0.1, 0.15) is 0 Å². The molecule has 0 aliphatic rings. The number of hydrogen-bond acceptors (Lipinski definition) is 2. The summed E-state index contributed by atoms with van der Waals surface area (Å²) in [5.74, 6) is 0. The average Bonchev–Trinajstić information content (AvgIpc) is 3.55. The third kappa shape index (κ3) is 8.30. The van der Waals surface area contributed by atoms with E-state index in [1.54, 1.807) is 0 Å². The summed E-state index contributed by atoms with van der Waals surface area (Å²) in [5.41, 5.74) is 16.3. The third-order valence-electron chi connectivity index (χ3n) is 16.2.